The van der Waals surface area contributed by atoms with Crippen LogP contribution in [0, 0.1) is 0 Å². The number of hydrogen-bond acceptors (Lipinski definition) is 5. The molecule has 2 aromatic heterocycles. The number of carboxylic acids is 1. The number of pyridine rings is 1. The number of nitrogens with zero attached hydrogens (tertiary/aromatic N) is 3. The average Bonchev–Trinajstić information content (AvgIpc) is 3.06. The number of benzene rings is 1. The van der Waals surface area contributed by atoms with Gasteiger partial charge in [-0.1, -0.05) is 11.3 Å². The molecule has 0 spiro atoms. The Balaban J connectivity index is 1.51. The molecule has 1 N–H and O–H groups in total. The first-order valence-electron chi connectivity index (χ1n) is 7.99. The second-order valence-corrected chi connectivity index (χ2v) is 7.04. The molecule has 1 fully saturated rings. The minimum Gasteiger partial charge on any atom is -0.478 e. The Morgan fingerprint density at radius 2 is 1.92 bits per heavy atom. The number of carbonyl (C=O) groups is 1. The molecule has 0 amide bonds. The highest BCUT2D eigenvalue weighted by Crippen LogP contribution is 2.34. The molecule has 0 saturated carbocycles. The van der Waals surface area contributed by atoms with Gasteiger partial charge in [0.1, 0.15) is 0 Å². The highest BCUT2D eigenvalue weighted by atomic mass is 32.1. The van der Waals surface area contributed by atoms with Gasteiger partial charge < -0.3 is 10.0 Å². The van der Waals surface area contributed by atoms with Gasteiger partial charge in [0.25, 0.3) is 0 Å². The maximum atomic E-state index is 11.1. The number of aromatic carboxylic acids is 1. The van der Waals surface area contributed by atoms with Crippen molar-refractivity contribution in [2.24, 2.45) is 0 Å². The van der Waals surface area contributed by atoms with Crippen LogP contribution < -0.4 is 4.90 Å². The van der Waals surface area contributed by atoms with E-state index in [4.69, 9.17) is 5.11 Å². The van der Waals surface area contributed by atoms with Crippen molar-refractivity contribution in [1.29, 1.82) is 0 Å². The lowest BCUT2D eigenvalue weighted by Gasteiger charge is -2.31. The van der Waals surface area contributed by atoms with E-state index >= 15 is 0 Å². The fourth-order valence-electron chi connectivity index (χ4n) is 3.22. The van der Waals surface area contributed by atoms with E-state index in [1.54, 1.807) is 29.5 Å². The summed E-state index contributed by atoms with van der Waals surface area (Å²) >= 11 is 1.57. The van der Waals surface area contributed by atoms with Crippen LogP contribution in [0.4, 0.5) is 5.13 Å². The predicted octanol–water partition coefficient (Wildman–Crippen LogP) is 3.77. The summed E-state index contributed by atoms with van der Waals surface area (Å²) in [5.41, 5.74) is 2.55. The Morgan fingerprint density at radius 3 is 2.62 bits per heavy atom. The van der Waals surface area contributed by atoms with Crippen molar-refractivity contribution >= 4 is 32.7 Å². The molecule has 0 bridgehead atoms. The maximum absolute atomic E-state index is 11.1. The van der Waals surface area contributed by atoms with Crippen LogP contribution in [0.15, 0.2) is 42.7 Å². The lowest BCUT2D eigenvalue weighted by molar-refractivity contribution is 0.0697. The third kappa shape index (κ3) is 2.85. The van der Waals surface area contributed by atoms with E-state index in [0.29, 0.717) is 11.5 Å². The van der Waals surface area contributed by atoms with Gasteiger partial charge in [-0.3, -0.25) is 4.98 Å². The maximum Gasteiger partial charge on any atom is 0.335 e. The van der Waals surface area contributed by atoms with Gasteiger partial charge in [0.15, 0.2) is 5.13 Å². The van der Waals surface area contributed by atoms with E-state index < -0.39 is 5.97 Å². The minimum atomic E-state index is -0.898. The molecule has 24 heavy (non-hydrogen) atoms. The number of piperidine rings is 1. The minimum absolute atomic E-state index is 0.314. The Labute approximate surface area is 143 Å². The van der Waals surface area contributed by atoms with Crippen molar-refractivity contribution in [3.05, 3.63) is 53.9 Å². The van der Waals surface area contributed by atoms with Crippen LogP contribution in [0.3, 0.4) is 0 Å². The van der Waals surface area contributed by atoms with Crippen LogP contribution in [0.25, 0.3) is 10.2 Å². The van der Waals surface area contributed by atoms with Crippen LogP contribution in [-0.4, -0.2) is 34.1 Å². The van der Waals surface area contributed by atoms with E-state index in [1.165, 1.54) is 5.56 Å². The molecule has 122 valence electrons. The summed E-state index contributed by atoms with van der Waals surface area (Å²) in [6.07, 6.45) is 5.91. The smallest absolute Gasteiger partial charge is 0.335 e. The van der Waals surface area contributed by atoms with Crippen LogP contribution >= 0.6 is 11.3 Å². The number of carboxylic acid groups (broad SMARTS) is 1. The lowest BCUT2D eigenvalue weighted by atomic mass is 9.90. The second kappa shape index (κ2) is 6.20. The van der Waals surface area contributed by atoms with Crippen LogP contribution in [-0.2, 0) is 0 Å². The highest BCUT2D eigenvalue weighted by molar-refractivity contribution is 7.22. The molecular formula is C18H17N3O2S. The summed E-state index contributed by atoms with van der Waals surface area (Å²) in [5, 5.41) is 10.1. The quantitative estimate of drug-likeness (QED) is 0.787. The third-order valence-corrected chi connectivity index (χ3v) is 5.65. The molecule has 1 aliphatic rings. The number of anilines is 1. The molecule has 3 heterocycles. The molecule has 4 rings (SSSR count). The molecule has 0 radical (unpaired) electrons. The molecular weight excluding hydrogens is 322 g/mol. The van der Waals surface area contributed by atoms with Gasteiger partial charge in [0.05, 0.1) is 15.8 Å². The summed E-state index contributed by atoms with van der Waals surface area (Å²) < 4.78 is 0.932. The first-order chi connectivity index (χ1) is 11.7. The normalized spacial score (nSPS) is 15.8. The van der Waals surface area contributed by atoms with Gasteiger partial charge >= 0.3 is 5.97 Å². The van der Waals surface area contributed by atoms with Gasteiger partial charge in [0.2, 0.25) is 0 Å². The molecule has 1 saturated heterocycles. The standard InChI is InChI=1S/C18H17N3O2S/c22-17(23)14-1-2-15-16(11-14)24-18(20-15)21-9-5-13(6-10-21)12-3-7-19-8-4-12/h1-4,7-8,11,13H,5-6,9-10H2,(H,22,23). The van der Waals surface area contributed by atoms with E-state index in [0.717, 1.165) is 41.3 Å². The molecule has 1 aliphatic heterocycles. The number of fused-ring (bicyclic) bond motifs is 1. The lowest BCUT2D eigenvalue weighted by Crippen LogP contribution is -2.32. The molecule has 0 atom stereocenters. The van der Waals surface area contributed by atoms with Gasteiger partial charge in [-0.15, -0.1) is 0 Å². The zero-order valence-corrected chi connectivity index (χ0v) is 13.9. The number of rotatable bonds is 3. The molecule has 1 aromatic carbocycles. The first kappa shape index (κ1) is 15.1. The van der Waals surface area contributed by atoms with Gasteiger partial charge in [-0.2, -0.15) is 0 Å². The van der Waals surface area contributed by atoms with E-state index in [2.05, 4.69) is 27.0 Å². The Kier molecular flexibility index (Phi) is 3.90. The third-order valence-electron chi connectivity index (χ3n) is 4.57. The summed E-state index contributed by atoms with van der Waals surface area (Å²) in [6, 6.07) is 9.33. The zero-order valence-electron chi connectivity index (χ0n) is 13.1. The first-order valence-corrected chi connectivity index (χ1v) is 8.81. The molecule has 5 nitrogen and oxygen atoms in total. The van der Waals surface area contributed by atoms with Crippen LogP contribution in [0.5, 0.6) is 0 Å². The fourth-order valence-corrected chi connectivity index (χ4v) is 4.28. The van der Waals surface area contributed by atoms with Crippen molar-refractivity contribution in [2.45, 2.75) is 18.8 Å². The molecule has 6 heteroatoms. The summed E-state index contributed by atoms with van der Waals surface area (Å²) in [7, 11) is 0. The van der Waals surface area contributed by atoms with Crippen molar-refractivity contribution < 1.29 is 9.90 Å². The summed E-state index contributed by atoms with van der Waals surface area (Å²) in [4.78, 5) is 22.2. The SMILES string of the molecule is O=C(O)c1ccc2nc(N3CCC(c4ccncc4)CC3)sc2c1. The highest BCUT2D eigenvalue weighted by Gasteiger charge is 2.22. The zero-order chi connectivity index (χ0) is 16.5. The Hall–Kier alpha value is -2.47. The predicted molar refractivity (Wildman–Crippen MR) is 95.0 cm³/mol. The van der Waals surface area contributed by atoms with Crippen molar-refractivity contribution in [2.75, 3.05) is 18.0 Å². The van der Waals surface area contributed by atoms with Crippen LogP contribution in [0.2, 0.25) is 0 Å². The summed E-state index contributed by atoms with van der Waals surface area (Å²) in [5.74, 6) is -0.317. The van der Waals surface area contributed by atoms with Crippen molar-refractivity contribution in [1.82, 2.24) is 9.97 Å². The largest absolute Gasteiger partial charge is 0.478 e. The van der Waals surface area contributed by atoms with E-state index in [9.17, 15) is 4.79 Å². The van der Waals surface area contributed by atoms with Crippen molar-refractivity contribution in [3.63, 3.8) is 0 Å². The van der Waals surface area contributed by atoms with E-state index in [1.807, 2.05) is 12.4 Å². The van der Waals surface area contributed by atoms with Gasteiger partial charge in [0, 0.05) is 25.5 Å². The fraction of sp³-hybridized carbons (Fsp3) is 0.278. The second-order valence-electron chi connectivity index (χ2n) is 6.03. The summed E-state index contributed by atoms with van der Waals surface area (Å²) in [6.45, 7) is 1.94. The Morgan fingerprint density at radius 1 is 1.17 bits per heavy atom. The van der Waals surface area contributed by atoms with Gasteiger partial charge in [-0.25, -0.2) is 9.78 Å². The average molecular weight is 339 g/mol. The monoisotopic (exact) mass is 339 g/mol. The van der Waals surface area contributed by atoms with E-state index in [-0.39, 0.29) is 0 Å². The van der Waals surface area contributed by atoms with Crippen molar-refractivity contribution in [3.8, 4) is 0 Å². The molecule has 0 aliphatic carbocycles. The Bertz CT molecular complexity index is 870. The molecule has 3 aromatic rings. The van der Waals surface area contributed by atoms with Crippen LogP contribution in [0.1, 0.15) is 34.7 Å². The van der Waals surface area contributed by atoms with Gasteiger partial charge in [-0.05, 0) is 54.7 Å². The number of hydrogen-bond donors (Lipinski definition) is 1. The number of aromatic nitrogens is 2. The molecule has 0 unspecified atom stereocenters. The topological polar surface area (TPSA) is 66.3 Å². The number of thiazole rings is 1.